The molecule has 1 heterocycles. The SMILES string of the molecule is CC(N)Cc1cccc(Cl)c1OCCN1CCOCC1. The van der Waals surface area contributed by atoms with Gasteiger partial charge in [-0.25, -0.2) is 0 Å². The van der Waals surface area contributed by atoms with E-state index in [0.29, 0.717) is 11.6 Å². The number of nitrogens with zero attached hydrogens (tertiary/aromatic N) is 1. The number of hydrogen-bond acceptors (Lipinski definition) is 4. The van der Waals surface area contributed by atoms with Crippen LogP contribution in [0.4, 0.5) is 0 Å². The minimum absolute atomic E-state index is 0.0926. The maximum atomic E-state index is 6.23. The van der Waals surface area contributed by atoms with Gasteiger partial charge in [-0.1, -0.05) is 23.7 Å². The Kier molecular flexibility index (Phi) is 6.10. The molecule has 0 bridgehead atoms. The summed E-state index contributed by atoms with van der Waals surface area (Å²) in [4.78, 5) is 2.34. The van der Waals surface area contributed by atoms with E-state index in [0.717, 1.165) is 50.6 Å². The zero-order valence-electron chi connectivity index (χ0n) is 12.0. The van der Waals surface area contributed by atoms with Crippen LogP contribution in [0.2, 0.25) is 5.02 Å². The highest BCUT2D eigenvalue weighted by atomic mass is 35.5. The monoisotopic (exact) mass is 298 g/mol. The van der Waals surface area contributed by atoms with E-state index < -0.39 is 0 Å². The van der Waals surface area contributed by atoms with Crippen LogP contribution >= 0.6 is 11.6 Å². The summed E-state index contributed by atoms with van der Waals surface area (Å²) in [5.74, 6) is 0.778. The van der Waals surface area contributed by atoms with E-state index in [1.165, 1.54) is 0 Å². The molecule has 1 aromatic carbocycles. The third-order valence-electron chi connectivity index (χ3n) is 3.35. The van der Waals surface area contributed by atoms with E-state index in [1.54, 1.807) is 0 Å². The number of nitrogens with two attached hydrogens (primary N) is 1. The van der Waals surface area contributed by atoms with Crippen LogP contribution in [0.25, 0.3) is 0 Å². The number of ether oxygens (including phenoxy) is 2. The second-order valence-corrected chi connectivity index (χ2v) is 5.62. The molecule has 0 saturated carbocycles. The van der Waals surface area contributed by atoms with Crippen molar-refractivity contribution in [2.24, 2.45) is 5.73 Å². The van der Waals surface area contributed by atoms with Crippen molar-refractivity contribution in [3.05, 3.63) is 28.8 Å². The van der Waals surface area contributed by atoms with E-state index in [9.17, 15) is 0 Å². The Morgan fingerprint density at radius 1 is 1.40 bits per heavy atom. The van der Waals surface area contributed by atoms with Gasteiger partial charge in [-0.2, -0.15) is 0 Å². The maximum absolute atomic E-state index is 6.23. The third kappa shape index (κ3) is 4.63. The smallest absolute Gasteiger partial charge is 0.141 e. The van der Waals surface area contributed by atoms with Gasteiger partial charge in [-0.05, 0) is 25.0 Å². The molecule has 4 nitrogen and oxygen atoms in total. The van der Waals surface area contributed by atoms with Crippen LogP contribution in [0.5, 0.6) is 5.75 Å². The predicted molar refractivity (Wildman–Crippen MR) is 81.6 cm³/mol. The lowest BCUT2D eigenvalue weighted by Crippen LogP contribution is -2.38. The fourth-order valence-corrected chi connectivity index (χ4v) is 2.57. The molecule has 2 rings (SSSR count). The zero-order valence-corrected chi connectivity index (χ0v) is 12.7. The molecule has 1 fully saturated rings. The first kappa shape index (κ1) is 15.6. The Morgan fingerprint density at radius 2 is 2.15 bits per heavy atom. The Hall–Kier alpha value is -0.810. The average molecular weight is 299 g/mol. The number of hydrogen-bond donors (Lipinski definition) is 1. The van der Waals surface area contributed by atoms with Gasteiger partial charge in [0, 0.05) is 25.7 Å². The summed E-state index contributed by atoms with van der Waals surface area (Å²) in [5.41, 5.74) is 6.95. The van der Waals surface area contributed by atoms with Crippen LogP contribution in [-0.2, 0) is 11.2 Å². The quantitative estimate of drug-likeness (QED) is 0.872. The van der Waals surface area contributed by atoms with E-state index in [1.807, 2.05) is 25.1 Å². The average Bonchev–Trinajstić information content (AvgIpc) is 2.42. The van der Waals surface area contributed by atoms with E-state index in [-0.39, 0.29) is 6.04 Å². The molecule has 0 amide bonds. The minimum Gasteiger partial charge on any atom is -0.490 e. The Balaban J connectivity index is 1.90. The number of morpholine rings is 1. The maximum Gasteiger partial charge on any atom is 0.141 e. The fourth-order valence-electron chi connectivity index (χ4n) is 2.32. The van der Waals surface area contributed by atoms with Gasteiger partial charge in [0.05, 0.1) is 18.2 Å². The normalized spacial score (nSPS) is 17.9. The lowest BCUT2D eigenvalue weighted by molar-refractivity contribution is 0.0322. The standard InChI is InChI=1S/C15H23ClN2O2/c1-12(17)11-13-3-2-4-14(16)15(13)20-10-7-18-5-8-19-9-6-18/h2-4,12H,5-11,17H2,1H3. The highest BCUT2D eigenvalue weighted by Gasteiger charge is 2.13. The summed E-state index contributed by atoms with van der Waals surface area (Å²) in [6, 6.07) is 5.92. The molecule has 1 unspecified atom stereocenters. The molecule has 2 N–H and O–H groups in total. The second kappa shape index (κ2) is 7.84. The number of halogens is 1. The number of para-hydroxylation sites is 1. The van der Waals surface area contributed by atoms with Crippen LogP contribution in [0.3, 0.4) is 0 Å². The molecule has 1 saturated heterocycles. The second-order valence-electron chi connectivity index (χ2n) is 5.21. The fraction of sp³-hybridized carbons (Fsp3) is 0.600. The van der Waals surface area contributed by atoms with Crippen molar-refractivity contribution in [3.8, 4) is 5.75 Å². The van der Waals surface area contributed by atoms with Gasteiger partial charge in [-0.3, -0.25) is 4.90 Å². The Labute approximate surface area is 125 Å². The van der Waals surface area contributed by atoms with Crippen LogP contribution in [0, 0.1) is 0 Å². The largest absolute Gasteiger partial charge is 0.490 e. The van der Waals surface area contributed by atoms with Crippen molar-refractivity contribution in [2.45, 2.75) is 19.4 Å². The molecule has 112 valence electrons. The summed E-state index contributed by atoms with van der Waals surface area (Å²) < 4.78 is 11.2. The van der Waals surface area contributed by atoms with Crippen LogP contribution in [0.15, 0.2) is 18.2 Å². The van der Waals surface area contributed by atoms with Crippen molar-refractivity contribution in [3.63, 3.8) is 0 Å². The van der Waals surface area contributed by atoms with Gasteiger partial charge in [0.25, 0.3) is 0 Å². The van der Waals surface area contributed by atoms with Crippen molar-refractivity contribution in [1.29, 1.82) is 0 Å². The predicted octanol–water partition coefficient (Wildman–Crippen LogP) is 1.94. The van der Waals surface area contributed by atoms with Crippen LogP contribution in [-0.4, -0.2) is 50.4 Å². The highest BCUT2D eigenvalue weighted by Crippen LogP contribution is 2.29. The van der Waals surface area contributed by atoms with Gasteiger partial charge in [-0.15, -0.1) is 0 Å². The molecule has 20 heavy (non-hydrogen) atoms. The molecule has 5 heteroatoms. The number of benzene rings is 1. The van der Waals surface area contributed by atoms with Crippen molar-refractivity contribution < 1.29 is 9.47 Å². The molecule has 0 aromatic heterocycles. The van der Waals surface area contributed by atoms with Gasteiger partial charge in [0.15, 0.2) is 0 Å². The van der Waals surface area contributed by atoms with Gasteiger partial charge in [0.2, 0.25) is 0 Å². The van der Waals surface area contributed by atoms with Crippen LogP contribution < -0.4 is 10.5 Å². The highest BCUT2D eigenvalue weighted by molar-refractivity contribution is 6.32. The Bertz CT molecular complexity index is 420. The summed E-state index contributed by atoms with van der Waals surface area (Å²) in [6.07, 6.45) is 0.771. The lowest BCUT2D eigenvalue weighted by Gasteiger charge is -2.26. The first-order valence-corrected chi connectivity index (χ1v) is 7.50. The number of rotatable bonds is 6. The molecular weight excluding hydrogens is 276 g/mol. The van der Waals surface area contributed by atoms with Gasteiger partial charge >= 0.3 is 0 Å². The van der Waals surface area contributed by atoms with Crippen molar-refractivity contribution in [2.75, 3.05) is 39.5 Å². The first-order valence-electron chi connectivity index (χ1n) is 7.12. The minimum atomic E-state index is 0.0926. The van der Waals surface area contributed by atoms with E-state index in [4.69, 9.17) is 26.8 Å². The zero-order chi connectivity index (χ0) is 14.4. The van der Waals surface area contributed by atoms with E-state index >= 15 is 0 Å². The summed E-state index contributed by atoms with van der Waals surface area (Å²) in [7, 11) is 0. The van der Waals surface area contributed by atoms with E-state index in [2.05, 4.69) is 4.90 Å². The van der Waals surface area contributed by atoms with Crippen molar-refractivity contribution in [1.82, 2.24) is 4.90 Å². The molecular formula is C15H23ClN2O2. The van der Waals surface area contributed by atoms with Gasteiger partial charge < -0.3 is 15.2 Å². The first-order chi connectivity index (χ1) is 9.66. The summed E-state index contributed by atoms with van der Waals surface area (Å²) in [5, 5.41) is 0.658. The molecule has 0 radical (unpaired) electrons. The molecule has 1 aliphatic rings. The summed E-state index contributed by atoms with van der Waals surface area (Å²) >= 11 is 6.23. The molecule has 1 aliphatic heterocycles. The molecule has 0 aliphatic carbocycles. The lowest BCUT2D eigenvalue weighted by atomic mass is 10.1. The topological polar surface area (TPSA) is 47.7 Å². The Morgan fingerprint density at radius 3 is 2.85 bits per heavy atom. The van der Waals surface area contributed by atoms with Crippen LogP contribution in [0.1, 0.15) is 12.5 Å². The summed E-state index contributed by atoms with van der Waals surface area (Å²) in [6.45, 7) is 7.07. The third-order valence-corrected chi connectivity index (χ3v) is 3.65. The van der Waals surface area contributed by atoms with Gasteiger partial charge in [0.1, 0.15) is 12.4 Å². The molecule has 1 atom stereocenters. The molecule has 0 spiro atoms. The molecule has 1 aromatic rings. The van der Waals surface area contributed by atoms with Crippen molar-refractivity contribution >= 4 is 11.6 Å².